The summed E-state index contributed by atoms with van der Waals surface area (Å²) in [6.07, 6.45) is 1.79. The summed E-state index contributed by atoms with van der Waals surface area (Å²) in [5.74, 6) is 0.163. The number of benzene rings is 3. The summed E-state index contributed by atoms with van der Waals surface area (Å²) in [5, 5.41) is 14.3. The molecule has 2 heterocycles. The van der Waals surface area contributed by atoms with E-state index in [0.717, 1.165) is 17.0 Å². The Balaban J connectivity index is 1.58. The van der Waals surface area contributed by atoms with E-state index in [1.165, 1.54) is 5.19 Å². The van der Waals surface area contributed by atoms with Crippen LogP contribution < -0.4 is 25.9 Å². The number of fused-ring (bicyclic) bond motifs is 2. The van der Waals surface area contributed by atoms with Gasteiger partial charge in [-0.3, -0.25) is 9.59 Å². The number of ether oxygens (including phenoxy) is 2. The van der Waals surface area contributed by atoms with E-state index in [1.54, 1.807) is 48.4 Å². The number of nitrogens with zero attached hydrogens (tertiary/aromatic N) is 1. The number of rotatable bonds is 9. The maximum absolute atomic E-state index is 14.4. The summed E-state index contributed by atoms with van der Waals surface area (Å²) in [5.41, 5.74) is 7.63. The second kappa shape index (κ2) is 11.4. The summed E-state index contributed by atoms with van der Waals surface area (Å²) in [4.78, 5) is 29.2. The molecule has 220 valence electrons. The van der Waals surface area contributed by atoms with Crippen molar-refractivity contribution in [3.05, 3.63) is 90.5 Å². The summed E-state index contributed by atoms with van der Waals surface area (Å²) < 4.78 is 12.3. The summed E-state index contributed by atoms with van der Waals surface area (Å²) >= 11 is 0. The summed E-state index contributed by atoms with van der Waals surface area (Å²) in [6.45, 7) is 10.9. The Morgan fingerprint density at radius 1 is 1.17 bits per heavy atom. The van der Waals surface area contributed by atoms with Gasteiger partial charge in [-0.25, -0.2) is 0 Å². The van der Waals surface area contributed by atoms with Gasteiger partial charge in [0.05, 0.1) is 27.0 Å². The molecule has 0 bridgehead atoms. The van der Waals surface area contributed by atoms with Gasteiger partial charge in [-0.15, -0.1) is 6.58 Å². The van der Waals surface area contributed by atoms with E-state index >= 15 is 0 Å². The number of nitrogens with one attached hydrogen (secondary N) is 1. The van der Waals surface area contributed by atoms with Crippen molar-refractivity contribution >= 4 is 42.1 Å². The third-order valence-corrected chi connectivity index (χ3v) is 13.4. The van der Waals surface area contributed by atoms with Crippen LogP contribution in [-0.2, 0) is 15.1 Å². The molecule has 0 aliphatic carbocycles. The van der Waals surface area contributed by atoms with Crippen LogP contribution in [0.2, 0.25) is 18.6 Å². The minimum absolute atomic E-state index is 0.0200. The van der Waals surface area contributed by atoms with E-state index in [4.69, 9.17) is 15.2 Å². The molecule has 3 aromatic carbocycles. The molecule has 2 amide bonds. The molecule has 1 fully saturated rings. The lowest BCUT2D eigenvalue weighted by Gasteiger charge is -2.37. The number of hydrogen-bond acceptors (Lipinski definition) is 6. The van der Waals surface area contributed by atoms with Crippen molar-refractivity contribution in [1.29, 1.82) is 0 Å². The van der Waals surface area contributed by atoms with Gasteiger partial charge >= 0.3 is 0 Å². The maximum atomic E-state index is 14.4. The molecule has 9 heteroatoms. The van der Waals surface area contributed by atoms with Crippen LogP contribution >= 0.6 is 0 Å². The maximum Gasteiger partial charge on any atom is 0.264 e. The Kier molecular flexibility index (Phi) is 8.02. The topological polar surface area (TPSA) is 114 Å². The fourth-order valence-corrected chi connectivity index (χ4v) is 11.0. The van der Waals surface area contributed by atoms with Crippen LogP contribution in [0, 0.1) is 5.92 Å². The highest BCUT2D eigenvalue weighted by molar-refractivity contribution is 6.91. The van der Waals surface area contributed by atoms with Crippen molar-refractivity contribution < 1.29 is 24.2 Å². The Morgan fingerprint density at radius 2 is 1.86 bits per heavy atom. The van der Waals surface area contributed by atoms with Gasteiger partial charge in [-0.2, -0.15) is 0 Å². The second-order valence-electron chi connectivity index (χ2n) is 11.7. The van der Waals surface area contributed by atoms with E-state index in [9.17, 15) is 14.7 Å². The summed E-state index contributed by atoms with van der Waals surface area (Å²) in [7, 11) is -0.633. The lowest BCUT2D eigenvalue weighted by molar-refractivity contribution is -0.146. The fraction of sp³-hybridized carbons (Fsp3) is 0.333. The van der Waals surface area contributed by atoms with E-state index in [-0.39, 0.29) is 36.0 Å². The predicted octanol–water partition coefficient (Wildman–Crippen LogP) is 4.66. The van der Waals surface area contributed by atoms with Crippen molar-refractivity contribution in [3.8, 4) is 5.75 Å². The fourth-order valence-electron chi connectivity index (χ4n) is 6.94. The Hall–Kier alpha value is -3.92. The SMILES string of the molecule is C=CCN1C(=O)[C@@]2(O[C@@H](CCO)[C@H]([Si](C)(C)c3ccc(OC)cc3)[C@H]2C)c2cc(NC(=O)c3ccc(N)cc3)ccc21. The Bertz CT molecular complexity index is 1490. The molecule has 1 spiro atoms. The quantitative estimate of drug-likeness (QED) is 0.191. The lowest BCUT2D eigenvalue weighted by atomic mass is 9.82. The molecule has 0 unspecified atom stereocenters. The van der Waals surface area contributed by atoms with Crippen LogP contribution in [0.15, 0.2) is 79.4 Å². The molecule has 4 atom stereocenters. The van der Waals surface area contributed by atoms with Crippen molar-refractivity contribution in [2.24, 2.45) is 5.92 Å². The lowest BCUT2D eigenvalue weighted by Crippen LogP contribution is -2.51. The number of carbonyl (C=O) groups is 2. The highest BCUT2D eigenvalue weighted by atomic mass is 28.3. The molecular formula is C33H39N3O5Si. The number of anilines is 3. The number of nitrogen functional groups attached to an aromatic ring is 1. The third kappa shape index (κ3) is 4.81. The third-order valence-electron chi connectivity index (χ3n) is 8.99. The van der Waals surface area contributed by atoms with E-state index < -0.39 is 13.7 Å². The smallest absolute Gasteiger partial charge is 0.264 e. The first kappa shape index (κ1) is 29.6. The van der Waals surface area contributed by atoms with Crippen molar-refractivity contribution in [2.75, 3.05) is 36.2 Å². The van der Waals surface area contributed by atoms with Gasteiger partial charge in [0.2, 0.25) is 0 Å². The number of nitrogens with two attached hydrogens (primary N) is 1. The highest BCUT2D eigenvalue weighted by Gasteiger charge is 2.66. The normalized spacial score (nSPS) is 23.2. The van der Waals surface area contributed by atoms with Crippen molar-refractivity contribution in [2.45, 2.75) is 43.7 Å². The molecule has 5 rings (SSSR count). The number of aliphatic hydroxyl groups is 1. The first-order valence-corrected chi connectivity index (χ1v) is 17.3. The standard InChI is InChI=1S/C33H39N3O5Si/c1-6-18-36-28-16-11-24(35-31(38)22-7-9-23(34)10-8-22)20-27(28)33(32(36)39)21(2)30(29(41-33)17-19-37)42(4,5)26-14-12-25(40-3)13-15-26/h6-16,20-21,29-30,37H,1,17-19,34H2,2-5H3,(H,35,38)/t21-,29+,30-,33+/m1/s1. The molecule has 3 aromatic rings. The number of aliphatic hydroxyl groups excluding tert-OH is 1. The van der Waals surface area contributed by atoms with Gasteiger partial charge < -0.3 is 30.5 Å². The van der Waals surface area contributed by atoms with E-state index in [0.29, 0.717) is 29.9 Å². The monoisotopic (exact) mass is 585 g/mol. The number of amides is 2. The van der Waals surface area contributed by atoms with Crippen molar-refractivity contribution in [1.82, 2.24) is 0 Å². The van der Waals surface area contributed by atoms with Crippen LogP contribution in [0.5, 0.6) is 5.75 Å². The zero-order valence-electron chi connectivity index (χ0n) is 24.6. The zero-order chi connectivity index (χ0) is 30.2. The van der Waals surface area contributed by atoms with Gasteiger partial charge in [0.25, 0.3) is 11.8 Å². The van der Waals surface area contributed by atoms with Gasteiger partial charge in [-0.1, -0.05) is 43.4 Å². The van der Waals surface area contributed by atoms with E-state index in [1.807, 2.05) is 24.3 Å². The van der Waals surface area contributed by atoms with Crippen LogP contribution in [0.25, 0.3) is 0 Å². The van der Waals surface area contributed by atoms with Gasteiger partial charge in [0.15, 0.2) is 5.60 Å². The minimum atomic E-state index is -2.28. The Labute approximate surface area is 248 Å². The zero-order valence-corrected chi connectivity index (χ0v) is 25.6. The molecule has 1 saturated heterocycles. The molecule has 2 aliphatic rings. The molecular weight excluding hydrogens is 546 g/mol. The highest BCUT2D eigenvalue weighted by Crippen LogP contribution is 2.60. The molecule has 0 aromatic heterocycles. The molecule has 0 saturated carbocycles. The van der Waals surface area contributed by atoms with Crippen LogP contribution in [0.4, 0.5) is 17.1 Å². The number of methoxy groups -OCH3 is 1. The molecule has 4 N–H and O–H groups in total. The van der Waals surface area contributed by atoms with E-state index in [2.05, 4.69) is 44.0 Å². The molecule has 2 aliphatic heterocycles. The number of hydrogen-bond donors (Lipinski definition) is 3. The average molecular weight is 586 g/mol. The molecule has 42 heavy (non-hydrogen) atoms. The predicted molar refractivity (Wildman–Crippen MR) is 169 cm³/mol. The minimum Gasteiger partial charge on any atom is -0.497 e. The van der Waals surface area contributed by atoms with Crippen molar-refractivity contribution in [3.63, 3.8) is 0 Å². The van der Waals surface area contributed by atoms with Gasteiger partial charge in [0, 0.05) is 41.6 Å². The first-order chi connectivity index (χ1) is 20.1. The van der Waals surface area contributed by atoms with Crippen LogP contribution in [-0.4, -0.2) is 51.4 Å². The largest absolute Gasteiger partial charge is 0.497 e. The second-order valence-corrected chi connectivity index (χ2v) is 16.4. The van der Waals surface area contributed by atoms with Crippen LogP contribution in [0.1, 0.15) is 29.3 Å². The number of carbonyl (C=O) groups excluding carboxylic acids is 2. The first-order valence-electron chi connectivity index (χ1n) is 14.3. The van der Waals surface area contributed by atoms with Gasteiger partial charge in [-0.05, 0) is 66.6 Å². The molecule has 8 nitrogen and oxygen atoms in total. The van der Waals surface area contributed by atoms with Gasteiger partial charge in [0.1, 0.15) is 5.75 Å². The Morgan fingerprint density at radius 3 is 2.48 bits per heavy atom. The molecule has 0 radical (unpaired) electrons. The summed E-state index contributed by atoms with van der Waals surface area (Å²) in [6, 6.07) is 20.4. The average Bonchev–Trinajstić information content (AvgIpc) is 3.40. The van der Waals surface area contributed by atoms with Crippen LogP contribution in [0.3, 0.4) is 0 Å².